The number of imidazole rings is 1. The van der Waals surface area contributed by atoms with E-state index in [1.165, 1.54) is 24.3 Å². The number of nitrogens with one attached hydrogen (secondary N) is 5. The van der Waals surface area contributed by atoms with Gasteiger partial charge >= 0.3 is 5.97 Å². The lowest BCUT2D eigenvalue weighted by atomic mass is 10.1. The van der Waals surface area contributed by atoms with Gasteiger partial charge in [0, 0.05) is 38.2 Å². The number of aliphatic hydroxyl groups excluding tert-OH is 1. The Morgan fingerprint density at radius 1 is 0.977 bits per heavy atom. The molecule has 44 heavy (non-hydrogen) atoms. The SMILES string of the molecule is CC(=O)N1CCC[C@H]1C(=O)N[C@@H](Cc1cnc[nH]1)C(=O)N[C@@H](CO)C(=O)N[C@@H](CCC(=O)O)C(=O)N[C@@H](CC(N)=O)C(N)=O. The number of rotatable bonds is 17. The molecule has 0 aromatic carbocycles. The largest absolute Gasteiger partial charge is 0.481 e. The van der Waals surface area contributed by atoms with E-state index >= 15 is 0 Å². The number of aromatic amines is 1. The number of H-pyrrole nitrogens is 1. The van der Waals surface area contributed by atoms with Crippen molar-refractivity contribution in [3.63, 3.8) is 0 Å². The summed E-state index contributed by atoms with van der Waals surface area (Å²) in [6.45, 7) is 0.722. The van der Waals surface area contributed by atoms with Crippen molar-refractivity contribution in [1.29, 1.82) is 0 Å². The molecule has 1 aliphatic rings. The summed E-state index contributed by atoms with van der Waals surface area (Å²) in [4.78, 5) is 106. The van der Waals surface area contributed by atoms with Gasteiger partial charge in [0.1, 0.15) is 30.2 Å². The lowest BCUT2D eigenvalue weighted by molar-refractivity contribution is -0.139. The van der Waals surface area contributed by atoms with Crippen LogP contribution in [0.5, 0.6) is 0 Å². The number of aliphatic hydroxyl groups is 1. The molecule has 1 aromatic rings. The van der Waals surface area contributed by atoms with Crippen LogP contribution in [0.15, 0.2) is 12.5 Å². The van der Waals surface area contributed by atoms with Gasteiger partial charge in [0.15, 0.2) is 0 Å². The first-order chi connectivity index (χ1) is 20.7. The lowest BCUT2D eigenvalue weighted by Gasteiger charge is -2.27. The van der Waals surface area contributed by atoms with Gasteiger partial charge in [0.25, 0.3) is 0 Å². The first-order valence-corrected chi connectivity index (χ1v) is 13.6. The lowest BCUT2D eigenvalue weighted by Crippen LogP contribution is -2.60. The standard InChI is InChI=1S/C25H37N9O10/c1-12(36)34-6-2-3-18(34)25(44)32-16(7-13-9-28-11-29-13)23(42)33-17(10-35)24(43)30-14(4-5-20(38)39)22(41)31-15(21(27)40)8-19(26)37/h9,11,14-18,35H,2-8,10H2,1H3,(H2,26,37)(H2,27,40)(H,28,29)(H,30,43)(H,31,41)(H,32,44)(H,33,42)(H,38,39)/t14-,15-,16-,17-,18-/m0/s1. The first kappa shape index (κ1) is 35.1. The molecule has 19 heteroatoms. The van der Waals surface area contributed by atoms with Crippen molar-refractivity contribution < 1.29 is 48.6 Å². The van der Waals surface area contributed by atoms with Crippen LogP contribution < -0.4 is 32.7 Å². The Bertz CT molecular complexity index is 1240. The Hall–Kier alpha value is -5.07. The van der Waals surface area contributed by atoms with E-state index in [0.29, 0.717) is 25.1 Å². The minimum atomic E-state index is -1.68. The fraction of sp³-hybridized carbons (Fsp3) is 0.560. The molecule has 1 aromatic heterocycles. The van der Waals surface area contributed by atoms with E-state index < -0.39 is 97.5 Å². The number of likely N-dealkylation sites (tertiary alicyclic amines) is 1. The number of carbonyl (C=O) groups is 8. The van der Waals surface area contributed by atoms with Gasteiger partial charge in [-0.25, -0.2) is 4.98 Å². The highest BCUT2D eigenvalue weighted by Gasteiger charge is 2.36. The summed E-state index contributed by atoms with van der Waals surface area (Å²) in [5.41, 5.74) is 10.7. The minimum absolute atomic E-state index is 0.109. The molecular weight excluding hydrogens is 586 g/mol. The van der Waals surface area contributed by atoms with Crippen LogP contribution in [0.2, 0.25) is 0 Å². The fourth-order valence-corrected chi connectivity index (χ4v) is 4.48. The summed E-state index contributed by atoms with van der Waals surface area (Å²) in [6, 6.07) is -6.94. The number of primary amides is 2. The van der Waals surface area contributed by atoms with Gasteiger partial charge in [-0.1, -0.05) is 0 Å². The molecule has 0 bridgehead atoms. The van der Waals surface area contributed by atoms with Crippen molar-refractivity contribution in [1.82, 2.24) is 36.1 Å². The van der Waals surface area contributed by atoms with Crippen molar-refractivity contribution in [3.05, 3.63) is 18.2 Å². The number of carboxylic acid groups (broad SMARTS) is 1. The Balaban J connectivity index is 2.19. The molecular formula is C25H37N9O10. The number of carbonyl (C=O) groups excluding carboxylic acids is 7. The van der Waals surface area contributed by atoms with Crippen LogP contribution in [-0.2, 0) is 44.8 Å². The molecule has 0 saturated carbocycles. The summed E-state index contributed by atoms with van der Waals surface area (Å²) >= 11 is 0. The molecule has 0 aliphatic carbocycles. The third kappa shape index (κ3) is 10.6. The Kier molecular flexibility index (Phi) is 13.2. The zero-order valence-electron chi connectivity index (χ0n) is 23.9. The monoisotopic (exact) mass is 623 g/mol. The highest BCUT2D eigenvalue weighted by molar-refractivity contribution is 5.97. The highest BCUT2D eigenvalue weighted by Crippen LogP contribution is 2.18. The Labute approximate surface area is 250 Å². The van der Waals surface area contributed by atoms with Gasteiger partial charge < -0.3 is 52.8 Å². The quantitative estimate of drug-likeness (QED) is 0.0792. The van der Waals surface area contributed by atoms with Crippen molar-refractivity contribution in [2.45, 2.75) is 75.7 Å². The van der Waals surface area contributed by atoms with Crippen molar-refractivity contribution in [3.8, 4) is 0 Å². The zero-order valence-corrected chi connectivity index (χ0v) is 23.9. The molecule has 0 spiro atoms. The van der Waals surface area contributed by atoms with E-state index in [4.69, 9.17) is 16.6 Å². The number of carboxylic acids is 1. The number of nitrogens with two attached hydrogens (primary N) is 2. The van der Waals surface area contributed by atoms with Crippen LogP contribution >= 0.6 is 0 Å². The van der Waals surface area contributed by atoms with Crippen LogP contribution in [0.4, 0.5) is 0 Å². The summed E-state index contributed by atoms with van der Waals surface area (Å²) in [5.74, 6) is -7.42. The third-order valence-corrected chi connectivity index (χ3v) is 6.73. The second kappa shape index (κ2) is 16.5. The predicted molar refractivity (Wildman–Crippen MR) is 147 cm³/mol. The van der Waals surface area contributed by atoms with E-state index in [-0.39, 0.29) is 12.3 Å². The van der Waals surface area contributed by atoms with Crippen LogP contribution in [0, 0.1) is 0 Å². The average Bonchev–Trinajstić information content (AvgIpc) is 3.65. The molecule has 7 amide bonds. The normalized spacial score (nSPS) is 17.0. The molecule has 2 heterocycles. The van der Waals surface area contributed by atoms with E-state index in [0.717, 1.165) is 0 Å². The van der Waals surface area contributed by atoms with Gasteiger partial charge in [-0.2, -0.15) is 0 Å². The minimum Gasteiger partial charge on any atom is -0.481 e. The maximum Gasteiger partial charge on any atom is 0.303 e. The Morgan fingerprint density at radius 2 is 1.59 bits per heavy atom. The number of hydrogen-bond donors (Lipinski definition) is 9. The van der Waals surface area contributed by atoms with Crippen LogP contribution in [0.1, 0.15) is 44.7 Å². The second-order valence-electron chi connectivity index (χ2n) is 10.1. The second-order valence-corrected chi connectivity index (χ2v) is 10.1. The molecule has 1 aliphatic heterocycles. The smallest absolute Gasteiger partial charge is 0.303 e. The molecule has 0 radical (unpaired) electrons. The molecule has 11 N–H and O–H groups in total. The van der Waals surface area contributed by atoms with E-state index in [2.05, 4.69) is 31.2 Å². The number of aliphatic carboxylic acids is 1. The molecule has 5 atom stereocenters. The van der Waals surface area contributed by atoms with Gasteiger partial charge in [0.05, 0.1) is 19.4 Å². The zero-order chi connectivity index (χ0) is 33.0. The average molecular weight is 624 g/mol. The van der Waals surface area contributed by atoms with Crippen molar-refractivity contribution in [2.75, 3.05) is 13.2 Å². The maximum atomic E-state index is 13.3. The molecule has 1 saturated heterocycles. The van der Waals surface area contributed by atoms with E-state index in [1.54, 1.807) is 0 Å². The summed E-state index contributed by atoms with van der Waals surface area (Å²) < 4.78 is 0. The van der Waals surface area contributed by atoms with E-state index in [9.17, 15) is 43.5 Å². The summed E-state index contributed by atoms with van der Waals surface area (Å²) in [7, 11) is 0. The van der Waals surface area contributed by atoms with E-state index in [1.807, 2.05) is 0 Å². The highest BCUT2D eigenvalue weighted by atomic mass is 16.4. The number of hydrogen-bond acceptors (Lipinski definition) is 10. The van der Waals surface area contributed by atoms with Gasteiger partial charge in [-0.3, -0.25) is 38.4 Å². The molecule has 0 unspecified atom stereocenters. The molecule has 2 rings (SSSR count). The van der Waals surface area contributed by atoms with Gasteiger partial charge in [0.2, 0.25) is 41.4 Å². The summed E-state index contributed by atoms with van der Waals surface area (Å²) in [6.07, 6.45) is 1.85. The van der Waals surface area contributed by atoms with Crippen LogP contribution in [0.3, 0.4) is 0 Å². The third-order valence-electron chi connectivity index (χ3n) is 6.73. The number of amides is 7. The van der Waals surface area contributed by atoms with Crippen molar-refractivity contribution in [2.24, 2.45) is 11.5 Å². The maximum absolute atomic E-state index is 13.3. The number of aromatic nitrogens is 2. The molecule has 19 nitrogen and oxygen atoms in total. The molecule has 242 valence electrons. The summed E-state index contributed by atoms with van der Waals surface area (Å²) in [5, 5.41) is 28.1. The van der Waals surface area contributed by atoms with Crippen molar-refractivity contribution >= 4 is 47.3 Å². The van der Waals surface area contributed by atoms with Crippen LogP contribution in [0.25, 0.3) is 0 Å². The van der Waals surface area contributed by atoms with Crippen LogP contribution in [-0.4, -0.2) is 116 Å². The number of nitrogens with zero attached hydrogens (tertiary/aromatic N) is 2. The topological polar surface area (TPSA) is 309 Å². The van der Waals surface area contributed by atoms with Gasteiger partial charge in [-0.05, 0) is 19.3 Å². The molecule has 1 fully saturated rings. The predicted octanol–water partition coefficient (Wildman–Crippen LogP) is -4.88. The Morgan fingerprint density at radius 3 is 2.14 bits per heavy atom. The van der Waals surface area contributed by atoms with Gasteiger partial charge in [-0.15, -0.1) is 0 Å². The fourth-order valence-electron chi connectivity index (χ4n) is 4.48. The first-order valence-electron chi connectivity index (χ1n) is 13.6.